The monoisotopic (exact) mass is 328 g/mol. The van der Waals surface area contributed by atoms with Crippen molar-refractivity contribution in [2.45, 2.75) is 31.3 Å². The topological polar surface area (TPSA) is 60.4 Å². The largest absolute Gasteiger partial charge is 0.459 e. The first-order valence-electron chi connectivity index (χ1n) is 5.31. The van der Waals surface area contributed by atoms with Gasteiger partial charge in [-0.2, -0.15) is 0 Å². The number of hydrogen-bond donors (Lipinski definition) is 0. The average Bonchev–Trinajstić information content (AvgIpc) is 2.29. The highest BCUT2D eigenvalue weighted by molar-refractivity contribution is 8.13. The second-order valence-electron chi connectivity index (χ2n) is 3.83. The number of benzene rings is 1. The van der Waals surface area contributed by atoms with Gasteiger partial charge >= 0.3 is 5.97 Å². The Morgan fingerprint density at radius 1 is 1.47 bits per heavy atom. The first-order chi connectivity index (χ1) is 8.66. The summed E-state index contributed by atoms with van der Waals surface area (Å²) in [5.41, 5.74) is -0.563. The van der Waals surface area contributed by atoms with E-state index in [1.54, 1.807) is 13.8 Å². The summed E-state index contributed by atoms with van der Waals surface area (Å²) in [6.45, 7) is 3.40. The van der Waals surface area contributed by atoms with Gasteiger partial charge in [-0.25, -0.2) is 17.6 Å². The molecule has 0 fully saturated rings. The zero-order valence-corrected chi connectivity index (χ0v) is 12.4. The molecular weight excluding hydrogens is 318 g/mol. The number of esters is 1. The van der Waals surface area contributed by atoms with E-state index in [1.807, 2.05) is 0 Å². The number of hydrogen-bond acceptors (Lipinski definition) is 4. The van der Waals surface area contributed by atoms with Crippen molar-refractivity contribution in [1.82, 2.24) is 0 Å². The molecule has 4 nitrogen and oxygen atoms in total. The standard InChI is InChI=1S/C11H11Cl2FO4S/c1-3-6(2)18-11(15)8-4-7(12)5-9(10(8)14)19(13,16)17/h4-6H,3H2,1-2H3. The summed E-state index contributed by atoms with van der Waals surface area (Å²) in [5, 5.41) is -0.128. The Labute approximate surface area is 119 Å². The lowest BCUT2D eigenvalue weighted by Crippen LogP contribution is -2.16. The highest BCUT2D eigenvalue weighted by Gasteiger charge is 2.25. The van der Waals surface area contributed by atoms with Crippen LogP contribution >= 0.6 is 22.3 Å². The van der Waals surface area contributed by atoms with Crippen LogP contribution in [0.25, 0.3) is 0 Å². The SMILES string of the molecule is CCC(C)OC(=O)c1cc(Cl)cc(S(=O)(=O)Cl)c1F. The molecule has 1 aromatic carbocycles. The molecule has 0 bridgehead atoms. The van der Waals surface area contributed by atoms with Crippen LogP contribution in [-0.2, 0) is 13.8 Å². The van der Waals surface area contributed by atoms with E-state index in [0.717, 1.165) is 12.1 Å². The maximum atomic E-state index is 13.9. The minimum Gasteiger partial charge on any atom is -0.459 e. The fourth-order valence-electron chi connectivity index (χ4n) is 1.22. The molecule has 0 saturated carbocycles. The summed E-state index contributed by atoms with van der Waals surface area (Å²) >= 11 is 5.64. The average molecular weight is 329 g/mol. The van der Waals surface area contributed by atoms with Crippen LogP contribution in [0.2, 0.25) is 5.02 Å². The minimum atomic E-state index is -4.34. The predicted molar refractivity (Wildman–Crippen MR) is 69.6 cm³/mol. The van der Waals surface area contributed by atoms with Crippen LogP contribution in [0, 0.1) is 5.82 Å². The molecule has 19 heavy (non-hydrogen) atoms. The van der Waals surface area contributed by atoms with Gasteiger partial charge in [0.2, 0.25) is 0 Å². The van der Waals surface area contributed by atoms with Crippen LogP contribution in [0.1, 0.15) is 30.6 Å². The molecule has 0 saturated heterocycles. The molecule has 1 unspecified atom stereocenters. The maximum Gasteiger partial charge on any atom is 0.341 e. The molecule has 1 aromatic rings. The van der Waals surface area contributed by atoms with Gasteiger partial charge in [-0.05, 0) is 25.5 Å². The molecule has 0 aliphatic carbocycles. The van der Waals surface area contributed by atoms with Crippen molar-refractivity contribution in [3.63, 3.8) is 0 Å². The van der Waals surface area contributed by atoms with Crippen LogP contribution in [-0.4, -0.2) is 20.5 Å². The van der Waals surface area contributed by atoms with Gasteiger partial charge in [-0.3, -0.25) is 0 Å². The van der Waals surface area contributed by atoms with Crippen molar-refractivity contribution in [1.29, 1.82) is 0 Å². The molecule has 1 atom stereocenters. The second kappa shape index (κ2) is 6.07. The predicted octanol–water partition coefficient (Wildman–Crippen LogP) is 3.36. The van der Waals surface area contributed by atoms with Crippen LogP contribution < -0.4 is 0 Å². The van der Waals surface area contributed by atoms with Crippen molar-refractivity contribution >= 4 is 37.3 Å². The lowest BCUT2D eigenvalue weighted by atomic mass is 10.2. The van der Waals surface area contributed by atoms with Crippen LogP contribution in [0.4, 0.5) is 4.39 Å². The summed E-state index contributed by atoms with van der Waals surface area (Å²) in [5.74, 6) is -2.26. The first kappa shape index (κ1) is 16.2. The van der Waals surface area contributed by atoms with Gasteiger partial charge in [0.05, 0.1) is 11.7 Å². The third-order valence-corrected chi connectivity index (χ3v) is 3.91. The maximum absolute atomic E-state index is 13.9. The summed E-state index contributed by atoms with van der Waals surface area (Å²) in [6, 6.07) is 1.83. The number of carbonyl (C=O) groups is 1. The fraction of sp³-hybridized carbons (Fsp3) is 0.364. The molecule has 0 aromatic heterocycles. The Bertz CT molecular complexity index is 601. The molecule has 0 aliphatic heterocycles. The molecule has 0 aliphatic rings. The Kier molecular flexibility index (Phi) is 5.18. The molecular formula is C11H11Cl2FO4S. The third-order valence-electron chi connectivity index (χ3n) is 2.37. The van der Waals surface area contributed by atoms with Gasteiger partial charge in [0, 0.05) is 15.7 Å². The highest BCUT2D eigenvalue weighted by Crippen LogP contribution is 2.27. The van der Waals surface area contributed by atoms with Gasteiger partial charge in [-0.1, -0.05) is 18.5 Å². The first-order valence-corrected chi connectivity index (χ1v) is 8.00. The smallest absolute Gasteiger partial charge is 0.341 e. The Morgan fingerprint density at radius 2 is 2.05 bits per heavy atom. The molecule has 0 amide bonds. The summed E-state index contributed by atoms with van der Waals surface area (Å²) in [6.07, 6.45) is 0.108. The number of halogens is 3. The normalized spacial score (nSPS) is 13.1. The van der Waals surface area contributed by atoms with Gasteiger partial charge in [0.25, 0.3) is 9.05 Å². The number of rotatable bonds is 4. The van der Waals surface area contributed by atoms with E-state index in [2.05, 4.69) is 0 Å². The molecule has 106 valence electrons. The van der Waals surface area contributed by atoms with Crippen molar-refractivity contribution in [3.05, 3.63) is 28.5 Å². The second-order valence-corrected chi connectivity index (χ2v) is 6.80. The quantitative estimate of drug-likeness (QED) is 0.628. The lowest BCUT2D eigenvalue weighted by Gasteiger charge is -2.12. The summed E-state index contributed by atoms with van der Waals surface area (Å²) in [4.78, 5) is 10.9. The summed E-state index contributed by atoms with van der Waals surface area (Å²) in [7, 11) is 0.726. The third kappa shape index (κ3) is 4.06. The van der Waals surface area contributed by atoms with Crippen LogP contribution in [0.15, 0.2) is 17.0 Å². The molecule has 0 spiro atoms. The van der Waals surface area contributed by atoms with E-state index in [9.17, 15) is 17.6 Å². The van der Waals surface area contributed by atoms with Crippen molar-refractivity contribution in [2.24, 2.45) is 0 Å². The Morgan fingerprint density at radius 3 is 2.53 bits per heavy atom. The molecule has 8 heteroatoms. The highest BCUT2D eigenvalue weighted by atomic mass is 35.7. The van der Waals surface area contributed by atoms with Crippen molar-refractivity contribution < 1.29 is 22.3 Å². The molecule has 0 heterocycles. The number of carbonyl (C=O) groups excluding carboxylic acids is 1. The van der Waals surface area contributed by atoms with E-state index in [1.165, 1.54) is 0 Å². The lowest BCUT2D eigenvalue weighted by molar-refractivity contribution is 0.0328. The Hall–Kier alpha value is -0.850. The van der Waals surface area contributed by atoms with Gasteiger partial charge in [0.15, 0.2) is 5.82 Å². The zero-order valence-electron chi connectivity index (χ0n) is 10.1. The molecule has 0 radical (unpaired) electrons. The van der Waals surface area contributed by atoms with Crippen LogP contribution in [0.5, 0.6) is 0 Å². The van der Waals surface area contributed by atoms with Crippen molar-refractivity contribution in [3.8, 4) is 0 Å². The van der Waals surface area contributed by atoms with Crippen LogP contribution in [0.3, 0.4) is 0 Å². The van der Waals surface area contributed by atoms with Gasteiger partial charge in [0.1, 0.15) is 4.90 Å². The molecule has 1 rings (SSSR count). The fourth-order valence-corrected chi connectivity index (χ4v) is 2.43. The molecule has 0 N–H and O–H groups in total. The van der Waals surface area contributed by atoms with Gasteiger partial charge < -0.3 is 4.74 Å². The van der Waals surface area contributed by atoms with Gasteiger partial charge in [-0.15, -0.1) is 0 Å². The van der Waals surface area contributed by atoms with Crippen molar-refractivity contribution in [2.75, 3.05) is 0 Å². The van der Waals surface area contributed by atoms with E-state index in [-0.39, 0.29) is 5.02 Å². The summed E-state index contributed by atoms with van der Waals surface area (Å²) < 4.78 is 41.2. The Balaban J connectivity index is 3.30. The van der Waals surface area contributed by atoms with E-state index in [0.29, 0.717) is 6.42 Å². The van der Waals surface area contributed by atoms with E-state index < -0.39 is 37.4 Å². The van der Waals surface area contributed by atoms with E-state index >= 15 is 0 Å². The minimum absolute atomic E-state index is 0.128. The number of ether oxygens (including phenoxy) is 1. The zero-order chi connectivity index (χ0) is 14.8. The van der Waals surface area contributed by atoms with E-state index in [4.69, 9.17) is 27.0 Å².